The lowest BCUT2D eigenvalue weighted by molar-refractivity contribution is -0.138. The summed E-state index contributed by atoms with van der Waals surface area (Å²) in [5, 5.41) is 20.4. The van der Waals surface area contributed by atoms with E-state index in [2.05, 4.69) is 5.32 Å². The van der Waals surface area contributed by atoms with Gasteiger partial charge in [-0.3, -0.25) is 14.9 Å². The molecule has 1 aliphatic heterocycles. The second kappa shape index (κ2) is 7.28. The number of nitrogens with zero attached hydrogens (tertiary/aromatic N) is 1. The number of amides is 2. The average molecular weight is 406 g/mol. The number of benzene rings is 2. The summed E-state index contributed by atoms with van der Waals surface area (Å²) in [5.74, 6) is -1.88. The number of carbonyl (C=O) groups is 2. The molecule has 0 spiro atoms. The van der Waals surface area contributed by atoms with E-state index >= 15 is 0 Å². The predicted octanol–water partition coefficient (Wildman–Crippen LogP) is 4.40. The number of phenolic OH excluding ortho intramolecular Hbond substituents is 1. The Morgan fingerprint density at radius 3 is 2.43 bits per heavy atom. The van der Waals surface area contributed by atoms with Crippen LogP contribution in [0, 0.1) is 11.3 Å². The zero-order valence-corrected chi connectivity index (χ0v) is 14.5. The summed E-state index contributed by atoms with van der Waals surface area (Å²) in [4.78, 5) is 22.8. The number of alkyl halides is 3. The topological polar surface area (TPSA) is 99.4 Å². The highest BCUT2D eigenvalue weighted by atomic mass is 32.2. The van der Waals surface area contributed by atoms with Crippen LogP contribution < -0.4 is 10.1 Å². The van der Waals surface area contributed by atoms with Gasteiger partial charge in [0, 0.05) is 0 Å². The molecule has 0 radical (unpaired) electrons. The minimum atomic E-state index is -4.76. The fourth-order valence-electron chi connectivity index (χ4n) is 2.31. The molecule has 1 saturated heterocycles. The van der Waals surface area contributed by atoms with Gasteiger partial charge in [0.2, 0.25) is 0 Å². The van der Waals surface area contributed by atoms with Crippen molar-refractivity contribution in [2.24, 2.45) is 0 Å². The number of halogens is 3. The molecule has 142 valence electrons. The molecule has 0 unspecified atom stereocenters. The van der Waals surface area contributed by atoms with Crippen LogP contribution in [0.15, 0.2) is 41.3 Å². The third-order valence-corrected chi connectivity index (χ3v) is 4.37. The summed E-state index contributed by atoms with van der Waals surface area (Å²) in [5.41, 5.74) is -1.00. The summed E-state index contributed by atoms with van der Waals surface area (Å²) >= 11 is 0.687. The summed E-state index contributed by atoms with van der Waals surface area (Å²) in [6.07, 6.45) is -3.42. The number of hydrogen-bond donors (Lipinski definition) is 2. The lowest BCUT2D eigenvalue weighted by Gasteiger charge is -2.15. The molecule has 28 heavy (non-hydrogen) atoms. The first-order chi connectivity index (χ1) is 13.2. The molecular formula is C18H9F3N2O4S. The Morgan fingerprint density at radius 1 is 1.14 bits per heavy atom. The van der Waals surface area contributed by atoms with Gasteiger partial charge in [-0.1, -0.05) is 6.07 Å². The van der Waals surface area contributed by atoms with Crippen LogP contribution in [0.3, 0.4) is 0 Å². The van der Waals surface area contributed by atoms with Gasteiger partial charge < -0.3 is 9.84 Å². The molecule has 0 aliphatic carbocycles. The van der Waals surface area contributed by atoms with Crippen molar-refractivity contribution in [1.82, 2.24) is 5.32 Å². The van der Waals surface area contributed by atoms with Crippen LogP contribution in [-0.4, -0.2) is 16.3 Å². The molecule has 1 fully saturated rings. The van der Waals surface area contributed by atoms with E-state index in [0.717, 1.165) is 12.1 Å². The Morgan fingerprint density at radius 2 is 1.86 bits per heavy atom. The second-order valence-electron chi connectivity index (χ2n) is 5.50. The molecule has 6 nitrogen and oxygen atoms in total. The number of phenols is 1. The maximum atomic E-state index is 13.2. The van der Waals surface area contributed by atoms with Crippen LogP contribution in [0.4, 0.5) is 18.0 Å². The van der Waals surface area contributed by atoms with Gasteiger partial charge in [-0.15, -0.1) is 0 Å². The standard InChI is InChI=1S/C18H9F3N2O4S/c19-18(20,21)11-5-10(8-22)2-3-13(11)27-14-4-1-9(6-12(14)24)7-15-16(25)23-17(26)28-15/h1-7,24H,(H,23,25,26)/b15-7-. The van der Waals surface area contributed by atoms with E-state index in [1.54, 1.807) is 6.07 Å². The number of ether oxygens (including phenoxy) is 1. The summed E-state index contributed by atoms with van der Waals surface area (Å²) in [6, 6.07) is 8.22. The number of hydrogen-bond acceptors (Lipinski definition) is 6. The largest absolute Gasteiger partial charge is 0.504 e. The first-order valence-electron chi connectivity index (χ1n) is 7.54. The zero-order chi connectivity index (χ0) is 20.5. The van der Waals surface area contributed by atoms with Gasteiger partial charge in [0.25, 0.3) is 11.1 Å². The monoisotopic (exact) mass is 406 g/mol. The van der Waals surface area contributed by atoms with Crippen molar-refractivity contribution in [2.75, 3.05) is 0 Å². The summed E-state index contributed by atoms with van der Waals surface area (Å²) in [6.45, 7) is 0. The first kappa shape index (κ1) is 19.3. The quantitative estimate of drug-likeness (QED) is 0.733. The Labute approximate surface area is 160 Å². The zero-order valence-electron chi connectivity index (χ0n) is 13.7. The van der Waals surface area contributed by atoms with Gasteiger partial charge in [0.05, 0.1) is 22.1 Å². The van der Waals surface area contributed by atoms with Gasteiger partial charge in [-0.25, -0.2) is 0 Å². The third kappa shape index (κ3) is 4.10. The van der Waals surface area contributed by atoms with Crippen LogP contribution >= 0.6 is 11.8 Å². The van der Waals surface area contributed by atoms with Crippen molar-refractivity contribution < 1.29 is 32.6 Å². The van der Waals surface area contributed by atoms with E-state index in [-0.39, 0.29) is 16.2 Å². The van der Waals surface area contributed by atoms with Crippen LogP contribution in [0.5, 0.6) is 17.2 Å². The van der Waals surface area contributed by atoms with Crippen molar-refractivity contribution in [2.45, 2.75) is 6.18 Å². The number of aromatic hydroxyl groups is 1. The molecule has 2 amide bonds. The van der Waals surface area contributed by atoms with Crippen LogP contribution in [0.25, 0.3) is 6.08 Å². The second-order valence-corrected chi connectivity index (χ2v) is 6.52. The third-order valence-electron chi connectivity index (χ3n) is 3.56. The fraction of sp³-hybridized carbons (Fsp3) is 0.0556. The number of nitriles is 1. The van der Waals surface area contributed by atoms with Gasteiger partial charge in [-0.2, -0.15) is 18.4 Å². The number of thioether (sulfide) groups is 1. The molecule has 2 aromatic carbocycles. The fourth-order valence-corrected chi connectivity index (χ4v) is 2.99. The number of carbonyl (C=O) groups excluding carboxylic acids is 2. The van der Waals surface area contributed by atoms with Gasteiger partial charge in [0.1, 0.15) is 5.75 Å². The highest BCUT2D eigenvalue weighted by Crippen LogP contribution is 2.41. The van der Waals surface area contributed by atoms with Crippen molar-refractivity contribution in [3.8, 4) is 23.3 Å². The average Bonchev–Trinajstić information content (AvgIpc) is 2.93. The van der Waals surface area contributed by atoms with E-state index in [0.29, 0.717) is 23.4 Å². The van der Waals surface area contributed by atoms with Crippen molar-refractivity contribution >= 4 is 29.0 Å². The molecule has 2 N–H and O–H groups in total. The summed E-state index contributed by atoms with van der Waals surface area (Å²) in [7, 11) is 0. The molecular weight excluding hydrogens is 397 g/mol. The van der Waals surface area contributed by atoms with Crippen molar-refractivity contribution in [3.63, 3.8) is 0 Å². The highest BCUT2D eigenvalue weighted by Gasteiger charge is 2.35. The van der Waals surface area contributed by atoms with Gasteiger partial charge in [0.15, 0.2) is 11.5 Å². The maximum absolute atomic E-state index is 13.2. The lowest BCUT2D eigenvalue weighted by Crippen LogP contribution is -2.17. The first-order valence-corrected chi connectivity index (χ1v) is 8.36. The number of nitrogens with one attached hydrogen (secondary N) is 1. The molecule has 0 saturated carbocycles. The lowest BCUT2D eigenvalue weighted by atomic mass is 10.1. The predicted molar refractivity (Wildman–Crippen MR) is 93.4 cm³/mol. The Balaban J connectivity index is 1.91. The van der Waals surface area contributed by atoms with Gasteiger partial charge in [-0.05, 0) is 53.7 Å². The molecule has 1 heterocycles. The van der Waals surface area contributed by atoms with E-state index in [4.69, 9.17) is 10.00 Å². The van der Waals surface area contributed by atoms with Crippen LogP contribution in [0.1, 0.15) is 16.7 Å². The Hall–Kier alpha value is -3.45. The van der Waals surface area contributed by atoms with Gasteiger partial charge >= 0.3 is 6.18 Å². The van der Waals surface area contributed by atoms with E-state index in [1.165, 1.54) is 24.3 Å². The Kier molecular flexibility index (Phi) is 5.02. The van der Waals surface area contributed by atoms with E-state index in [1.807, 2.05) is 0 Å². The summed E-state index contributed by atoms with van der Waals surface area (Å²) < 4.78 is 44.8. The Bertz CT molecular complexity index is 1060. The minimum absolute atomic E-state index is 0.115. The molecule has 10 heteroatoms. The highest BCUT2D eigenvalue weighted by molar-refractivity contribution is 8.18. The minimum Gasteiger partial charge on any atom is -0.504 e. The van der Waals surface area contributed by atoms with Crippen molar-refractivity contribution in [3.05, 3.63) is 58.0 Å². The molecule has 2 aromatic rings. The normalized spacial score (nSPS) is 15.4. The van der Waals surface area contributed by atoms with E-state index in [9.17, 15) is 27.9 Å². The van der Waals surface area contributed by atoms with Crippen molar-refractivity contribution in [1.29, 1.82) is 5.26 Å². The molecule has 0 atom stereocenters. The van der Waals surface area contributed by atoms with E-state index < -0.39 is 34.4 Å². The molecule has 1 aliphatic rings. The smallest absolute Gasteiger partial charge is 0.420 e. The molecule has 0 bridgehead atoms. The molecule has 0 aromatic heterocycles. The van der Waals surface area contributed by atoms with Crippen LogP contribution in [-0.2, 0) is 11.0 Å². The number of imide groups is 1. The van der Waals surface area contributed by atoms with Crippen LogP contribution in [0.2, 0.25) is 0 Å². The SMILES string of the molecule is N#Cc1ccc(Oc2ccc(/C=C3\SC(=O)NC3=O)cc2O)c(C(F)(F)F)c1. The number of rotatable bonds is 3. The molecule has 3 rings (SSSR count). The maximum Gasteiger partial charge on any atom is 0.420 e.